The van der Waals surface area contributed by atoms with Gasteiger partial charge in [0.25, 0.3) is 0 Å². The molecule has 13 heavy (non-hydrogen) atoms. The first kappa shape index (κ1) is 15.0. The maximum absolute atomic E-state index is 8.92. The van der Waals surface area contributed by atoms with E-state index in [9.17, 15) is 0 Å². The minimum absolute atomic E-state index is 0. The van der Waals surface area contributed by atoms with Gasteiger partial charge >= 0.3 is 0 Å². The van der Waals surface area contributed by atoms with Crippen LogP contribution in [0.3, 0.4) is 0 Å². The lowest BCUT2D eigenvalue weighted by atomic mass is 10.1. The summed E-state index contributed by atoms with van der Waals surface area (Å²) in [5.41, 5.74) is 3.16. The van der Waals surface area contributed by atoms with Crippen molar-refractivity contribution >= 4 is 24.8 Å². The van der Waals surface area contributed by atoms with Crippen LogP contribution in [0.1, 0.15) is 5.56 Å². The van der Waals surface area contributed by atoms with Crippen molar-refractivity contribution in [3.63, 3.8) is 0 Å². The summed E-state index contributed by atoms with van der Waals surface area (Å²) in [4.78, 5) is 0. The van der Waals surface area contributed by atoms with E-state index in [1.807, 2.05) is 12.1 Å². The van der Waals surface area contributed by atoms with Crippen LogP contribution >= 0.6 is 24.8 Å². The van der Waals surface area contributed by atoms with Gasteiger partial charge in [-0.05, 0) is 24.1 Å². The molecular weight excluding hydrogens is 213 g/mol. The molecule has 3 nitrogen and oxygen atoms in total. The van der Waals surface area contributed by atoms with Crippen LogP contribution in [-0.4, -0.2) is 16.9 Å². The number of hydrogen-bond acceptors (Lipinski definition) is 3. The standard InChI is InChI=1S/C8H11NO2.2ClH/c10-8-3-1-7(2-4-8)5-6-9-11;;/h1-4,9-11H,5-6H2;2*1H. The summed E-state index contributed by atoms with van der Waals surface area (Å²) in [6.07, 6.45) is 0.761. The van der Waals surface area contributed by atoms with Gasteiger partial charge in [0.1, 0.15) is 5.75 Å². The van der Waals surface area contributed by atoms with Crippen molar-refractivity contribution in [3.8, 4) is 5.75 Å². The molecule has 0 aliphatic carbocycles. The second kappa shape index (κ2) is 8.13. The summed E-state index contributed by atoms with van der Waals surface area (Å²) >= 11 is 0. The summed E-state index contributed by atoms with van der Waals surface area (Å²) in [5.74, 6) is 0.269. The number of hydrogen-bond donors (Lipinski definition) is 3. The Morgan fingerprint density at radius 3 is 2.08 bits per heavy atom. The number of halogens is 2. The van der Waals surface area contributed by atoms with E-state index in [-0.39, 0.29) is 30.6 Å². The van der Waals surface area contributed by atoms with Crippen molar-refractivity contribution in [2.45, 2.75) is 6.42 Å². The fourth-order valence-electron chi connectivity index (χ4n) is 0.863. The third kappa shape index (κ3) is 5.71. The molecule has 0 unspecified atom stereocenters. The van der Waals surface area contributed by atoms with Gasteiger partial charge in [0.05, 0.1) is 0 Å². The molecule has 0 amide bonds. The van der Waals surface area contributed by atoms with Gasteiger partial charge in [-0.3, -0.25) is 0 Å². The molecule has 0 atom stereocenters. The highest BCUT2D eigenvalue weighted by Crippen LogP contribution is 2.09. The lowest BCUT2D eigenvalue weighted by molar-refractivity contribution is 0.168. The molecule has 0 fully saturated rings. The molecule has 5 heteroatoms. The first-order valence-electron chi connectivity index (χ1n) is 3.48. The molecule has 1 rings (SSSR count). The molecule has 0 aromatic heterocycles. The lowest BCUT2D eigenvalue weighted by Gasteiger charge is -1.98. The van der Waals surface area contributed by atoms with Crippen molar-refractivity contribution < 1.29 is 10.3 Å². The van der Waals surface area contributed by atoms with Crippen LogP contribution in [0.15, 0.2) is 24.3 Å². The molecule has 0 saturated heterocycles. The zero-order valence-corrected chi connectivity index (χ0v) is 8.57. The molecular formula is C8H13Cl2NO2. The van der Waals surface area contributed by atoms with E-state index in [0.29, 0.717) is 6.54 Å². The average molecular weight is 226 g/mol. The summed E-state index contributed by atoms with van der Waals surface area (Å²) in [6, 6.07) is 6.92. The highest BCUT2D eigenvalue weighted by molar-refractivity contribution is 5.85. The van der Waals surface area contributed by atoms with Gasteiger partial charge in [0.15, 0.2) is 0 Å². The summed E-state index contributed by atoms with van der Waals surface area (Å²) in [5, 5.41) is 17.2. The Morgan fingerprint density at radius 1 is 1.08 bits per heavy atom. The number of rotatable bonds is 3. The predicted molar refractivity (Wildman–Crippen MR) is 56.1 cm³/mol. The Balaban J connectivity index is 0. The van der Waals surface area contributed by atoms with E-state index >= 15 is 0 Å². The van der Waals surface area contributed by atoms with Gasteiger partial charge in [-0.15, -0.1) is 24.8 Å². The Labute approximate surface area is 89.6 Å². The number of benzene rings is 1. The molecule has 1 aromatic carbocycles. The van der Waals surface area contributed by atoms with Crippen molar-refractivity contribution in [1.82, 2.24) is 5.48 Å². The zero-order chi connectivity index (χ0) is 8.10. The van der Waals surface area contributed by atoms with Gasteiger partial charge in [0, 0.05) is 6.54 Å². The first-order valence-corrected chi connectivity index (χ1v) is 3.48. The number of phenols is 1. The topological polar surface area (TPSA) is 52.5 Å². The zero-order valence-electron chi connectivity index (χ0n) is 6.93. The maximum atomic E-state index is 8.92. The van der Waals surface area contributed by atoms with E-state index in [1.54, 1.807) is 12.1 Å². The van der Waals surface area contributed by atoms with Gasteiger partial charge in [0.2, 0.25) is 0 Å². The van der Waals surface area contributed by atoms with Crippen LogP contribution in [0, 0.1) is 0 Å². The number of hydroxylamine groups is 1. The monoisotopic (exact) mass is 225 g/mol. The van der Waals surface area contributed by atoms with Crippen molar-refractivity contribution in [2.24, 2.45) is 0 Å². The van der Waals surface area contributed by atoms with Crippen molar-refractivity contribution in [1.29, 1.82) is 0 Å². The van der Waals surface area contributed by atoms with Crippen LogP contribution in [0.2, 0.25) is 0 Å². The second-order valence-corrected chi connectivity index (χ2v) is 2.32. The van der Waals surface area contributed by atoms with Crippen LogP contribution in [0.5, 0.6) is 5.75 Å². The lowest BCUT2D eigenvalue weighted by Crippen LogP contribution is -2.10. The molecule has 0 radical (unpaired) electrons. The van der Waals surface area contributed by atoms with E-state index < -0.39 is 0 Å². The fourth-order valence-corrected chi connectivity index (χ4v) is 0.863. The van der Waals surface area contributed by atoms with Crippen LogP contribution in [0.4, 0.5) is 0 Å². The minimum Gasteiger partial charge on any atom is -0.508 e. The Morgan fingerprint density at radius 2 is 1.62 bits per heavy atom. The predicted octanol–water partition coefficient (Wildman–Crippen LogP) is 1.76. The normalized spacial score (nSPS) is 8.38. The molecule has 0 heterocycles. The highest BCUT2D eigenvalue weighted by atomic mass is 35.5. The Bertz CT molecular complexity index is 216. The molecule has 0 spiro atoms. The number of nitrogens with one attached hydrogen (secondary N) is 1. The average Bonchev–Trinajstić information content (AvgIpc) is 2.04. The third-order valence-corrected chi connectivity index (χ3v) is 1.46. The quantitative estimate of drug-likeness (QED) is 0.688. The molecule has 0 aliphatic rings. The van der Waals surface area contributed by atoms with Crippen LogP contribution in [-0.2, 0) is 6.42 Å². The maximum Gasteiger partial charge on any atom is 0.115 e. The molecule has 0 bridgehead atoms. The van der Waals surface area contributed by atoms with Gasteiger partial charge < -0.3 is 10.3 Å². The molecule has 0 aliphatic heterocycles. The Hall–Kier alpha value is -0.480. The second-order valence-electron chi connectivity index (χ2n) is 2.32. The molecule has 76 valence electrons. The smallest absolute Gasteiger partial charge is 0.115 e. The van der Waals surface area contributed by atoms with E-state index in [4.69, 9.17) is 10.3 Å². The largest absolute Gasteiger partial charge is 0.508 e. The van der Waals surface area contributed by atoms with Gasteiger partial charge in [-0.1, -0.05) is 12.1 Å². The molecule has 3 N–H and O–H groups in total. The van der Waals surface area contributed by atoms with E-state index in [1.165, 1.54) is 0 Å². The van der Waals surface area contributed by atoms with Crippen LogP contribution < -0.4 is 5.48 Å². The van der Waals surface area contributed by atoms with E-state index in [2.05, 4.69) is 5.48 Å². The Kier molecular flexibility index (Phi) is 9.39. The third-order valence-electron chi connectivity index (χ3n) is 1.46. The van der Waals surface area contributed by atoms with Crippen molar-refractivity contribution in [2.75, 3.05) is 6.54 Å². The summed E-state index contributed by atoms with van der Waals surface area (Å²) in [6.45, 7) is 0.533. The van der Waals surface area contributed by atoms with Gasteiger partial charge in [-0.2, -0.15) is 0 Å². The van der Waals surface area contributed by atoms with E-state index in [0.717, 1.165) is 12.0 Å². The van der Waals surface area contributed by atoms with Crippen LogP contribution in [0.25, 0.3) is 0 Å². The van der Waals surface area contributed by atoms with Crippen molar-refractivity contribution in [3.05, 3.63) is 29.8 Å². The highest BCUT2D eigenvalue weighted by Gasteiger charge is 1.91. The molecule has 1 aromatic rings. The number of phenolic OH excluding ortho intramolecular Hbond substituents is 1. The molecule has 0 saturated carbocycles. The summed E-state index contributed by atoms with van der Waals surface area (Å²) in [7, 11) is 0. The fraction of sp³-hybridized carbons (Fsp3) is 0.250. The summed E-state index contributed by atoms with van der Waals surface area (Å²) < 4.78 is 0. The minimum atomic E-state index is 0. The first-order chi connectivity index (χ1) is 5.33. The van der Waals surface area contributed by atoms with Gasteiger partial charge in [-0.25, -0.2) is 5.48 Å². The SMILES string of the molecule is Cl.Cl.ONCCc1ccc(O)cc1. The number of aromatic hydroxyl groups is 1.